The number of pyridine rings is 2. The van der Waals surface area contributed by atoms with Gasteiger partial charge in [-0.1, -0.05) is 0 Å². The minimum atomic E-state index is -0.756. The lowest BCUT2D eigenvalue weighted by molar-refractivity contribution is -0.144. The summed E-state index contributed by atoms with van der Waals surface area (Å²) in [6.07, 6.45) is 14.2. The molecule has 232 valence electrons. The van der Waals surface area contributed by atoms with Crippen LogP contribution in [0.4, 0.5) is 5.82 Å². The summed E-state index contributed by atoms with van der Waals surface area (Å²) in [5.41, 5.74) is 3.85. The zero-order valence-corrected chi connectivity index (χ0v) is 25.8. The molecule has 3 heterocycles. The Labute approximate surface area is 258 Å². The molecule has 0 saturated heterocycles. The number of aryl methyl sites for hydroxylation is 1. The number of amides is 1. The van der Waals surface area contributed by atoms with E-state index in [-0.39, 0.29) is 28.6 Å². The van der Waals surface area contributed by atoms with Gasteiger partial charge in [0, 0.05) is 41.2 Å². The fourth-order valence-electron chi connectivity index (χ4n) is 8.02. The molecule has 5 fully saturated rings. The van der Waals surface area contributed by atoms with Crippen molar-refractivity contribution in [3.05, 3.63) is 54.0 Å². The van der Waals surface area contributed by atoms with Crippen molar-refractivity contribution in [3.8, 4) is 17.0 Å². The van der Waals surface area contributed by atoms with Crippen molar-refractivity contribution in [2.24, 2.45) is 17.3 Å². The number of carboxylic acid groups (broad SMARTS) is 1. The van der Waals surface area contributed by atoms with Gasteiger partial charge < -0.3 is 14.3 Å². The minimum absolute atomic E-state index is 0.0158. The lowest BCUT2D eigenvalue weighted by Crippen LogP contribution is -2.52. The molecule has 5 aliphatic carbocycles. The van der Waals surface area contributed by atoms with Crippen LogP contribution in [0.2, 0.25) is 0 Å². The predicted octanol–water partition coefficient (Wildman–Crippen LogP) is 6.84. The van der Waals surface area contributed by atoms with Crippen LogP contribution in [0, 0.1) is 24.2 Å². The van der Waals surface area contributed by atoms with E-state index in [2.05, 4.69) is 6.07 Å². The molecule has 5 aliphatic rings. The minimum Gasteiger partial charge on any atom is -0.495 e. The smallest absolute Gasteiger partial charge is 0.306 e. The number of carboxylic acids is 1. The molecule has 0 spiro atoms. The van der Waals surface area contributed by atoms with Crippen molar-refractivity contribution in [3.63, 3.8) is 0 Å². The summed E-state index contributed by atoms with van der Waals surface area (Å²) < 4.78 is 11.2. The van der Waals surface area contributed by atoms with Crippen LogP contribution >= 0.6 is 0 Å². The molecule has 0 aromatic carbocycles. The SMILES string of the molecule is COc1ccc(C23CCC(CN(C(=O)C4CCC(C(=O)O)CC4)c4cc(-c5coc(C6CC6)n5)ccn4)(CC2)CC3)nc1C. The lowest BCUT2D eigenvalue weighted by atomic mass is 9.52. The Kier molecular flexibility index (Phi) is 7.45. The van der Waals surface area contributed by atoms with Gasteiger partial charge in [0.15, 0.2) is 5.89 Å². The number of carbonyl (C=O) groups excluding carboxylic acids is 1. The zero-order valence-electron chi connectivity index (χ0n) is 25.8. The molecule has 5 saturated carbocycles. The molecular formula is C35H42N4O5. The van der Waals surface area contributed by atoms with E-state index in [0.29, 0.717) is 44.0 Å². The summed E-state index contributed by atoms with van der Waals surface area (Å²) in [6.45, 7) is 2.63. The molecule has 2 bridgehead atoms. The highest BCUT2D eigenvalue weighted by Crippen LogP contribution is 2.58. The topological polar surface area (TPSA) is 119 Å². The van der Waals surface area contributed by atoms with Gasteiger partial charge in [-0.3, -0.25) is 19.5 Å². The second-order valence-corrected chi connectivity index (χ2v) is 13.8. The summed E-state index contributed by atoms with van der Waals surface area (Å²) in [5, 5.41) is 9.53. The number of methoxy groups -OCH3 is 1. The summed E-state index contributed by atoms with van der Waals surface area (Å²) in [4.78, 5) is 42.3. The molecule has 44 heavy (non-hydrogen) atoms. The number of nitrogens with zero attached hydrogens (tertiary/aromatic N) is 4. The number of hydrogen-bond donors (Lipinski definition) is 1. The number of anilines is 1. The van der Waals surface area contributed by atoms with Gasteiger partial charge in [-0.25, -0.2) is 9.97 Å². The summed E-state index contributed by atoms with van der Waals surface area (Å²) in [5.74, 6) is 1.43. The highest BCUT2D eigenvalue weighted by Gasteiger charge is 2.51. The molecule has 0 unspecified atom stereocenters. The lowest BCUT2D eigenvalue weighted by Gasteiger charge is -2.54. The molecular weight excluding hydrogens is 556 g/mol. The Morgan fingerprint density at radius 1 is 0.977 bits per heavy atom. The quantitative estimate of drug-likeness (QED) is 0.284. The number of oxazole rings is 1. The predicted molar refractivity (Wildman–Crippen MR) is 164 cm³/mol. The molecule has 3 aromatic rings. The first-order chi connectivity index (χ1) is 21.3. The van der Waals surface area contributed by atoms with Crippen LogP contribution in [0.3, 0.4) is 0 Å². The Hall–Kier alpha value is -3.75. The molecule has 0 radical (unpaired) electrons. The van der Waals surface area contributed by atoms with Crippen molar-refractivity contribution in [2.45, 2.75) is 95.3 Å². The van der Waals surface area contributed by atoms with Crippen molar-refractivity contribution < 1.29 is 23.8 Å². The number of aliphatic carboxylic acids is 1. The average Bonchev–Trinajstić information content (AvgIpc) is 3.80. The van der Waals surface area contributed by atoms with E-state index in [1.54, 1.807) is 19.6 Å². The third kappa shape index (κ3) is 5.39. The van der Waals surface area contributed by atoms with E-state index < -0.39 is 5.97 Å². The number of fused-ring (bicyclic) bond motifs is 3. The van der Waals surface area contributed by atoms with Crippen LogP contribution in [-0.4, -0.2) is 45.6 Å². The van der Waals surface area contributed by atoms with Gasteiger partial charge in [-0.15, -0.1) is 0 Å². The van der Waals surface area contributed by atoms with Crippen molar-refractivity contribution in [1.82, 2.24) is 15.0 Å². The number of rotatable bonds is 9. The normalized spacial score (nSPS) is 28.0. The standard InChI is InChI=1S/C35H42N4O5/c1-22-28(43-2)9-10-29(37-22)35-15-12-34(13-16-35,14-17-35)21-39(32(40)24-5-7-25(8-6-24)33(41)42)30-19-26(11-18-36-30)27-20-44-31(38-27)23-3-4-23/h9-11,18-20,23-25H,3-8,12-17,21H2,1-2H3,(H,41,42). The van der Waals surface area contributed by atoms with E-state index in [1.165, 1.54) is 5.69 Å². The molecule has 8 rings (SSSR count). The summed E-state index contributed by atoms with van der Waals surface area (Å²) >= 11 is 0. The van der Waals surface area contributed by atoms with E-state index in [0.717, 1.165) is 80.0 Å². The Balaban J connectivity index is 1.14. The highest BCUT2D eigenvalue weighted by atomic mass is 16.5. The van der Waals surface area contributed by atoms with Crippen LogP contribution in [0.15, 0.2) is 41.1 Å². The van der Waals surface area contributed by atoms with Crippen molar-refractivity contribution >= 4 is 17.7 Å². The maximum Gasteiger partial charge on any atom is 0.306 e. The van der Waals surface area contributed by atoms with E-state index in [9.17, 15) is 14.7 Å². The Morgan fingerprint density at radius 2 is 1.68 bits per heavy atom. The monoisotopic (exact) mass is 598 g/mol. The average molecular weight is 599 g/mol. The van der Waals surface area contributed by atoms with E-state index in [4.69, 9.17) is 24.1 Å². The van der Waals surface area contributed by atoms with Crippen molar-refractivity contribution in [2.75, 3.05) is 18.6 Å². The largest absolute Gasteiger partial charge is 0.495 e. The Bertz CT molecular complexity index is 1530. The van der Waals surface area contributed by atoms with Crippen LogP contribution in [0.25, 0.3) is 11.3 Å². The first-order valence-electron chi connectivity index (χ1n) is 16.3. The fourth-order valence-corrected chi connectivity index (χ4v) is 8.02. The molecule has 9 nitrogen and oxygen atoms in total. The van der Waals surface area contributed by atoms with Gasteiger partial charge in [0.25, 0.3) is 0 Å². The number of aromatic nitrogens is 3. The zero-order chi connectivity index (χ0) is 30.5. The first-order valence-corrected chi connectivity index (χ1v) is 16.3. The van der Waals surface area contributed by atoms with Gasteiger partial charge in [0.05, 0.1) is 18.7 Å². The highest BCUT2D eigenvalue weighted by molar-refractivity contribution is 5.95. The van der Waals surface area contributed by atoms with Crippen LogP contribution in [0.5, 0.6) is 5.75 Å². The van der Waals surface area contributed by atoms with E-state index >= 15 is 0 Å². The van der Waals surface area contributed by atoms with Gasteiger partial charge in [0.1, 0.15) is 23.5 Å². The molecule has 0 atom stereocenters. The molecule has 0 aliphatic heterocycles. The van der Waals surface area contributed by atoms with Crippen molar-refractivity contribution in [1.29, 1.82) is 0 Å². The molecule has 9 heteroatoms. The maximum atomic E-state index is 14.3. The first kappa shape index (κ1) is 29.0. The summed E-state index contributed by atoms with van der Waals surface area (Å²) in [6, 6.07) is 8.09. The van der Waals surface area contributed by atoms with Gasteiger partial charge in [0.2, 0.25) is 5.91 Å². The number of ether oxygens (including phenoxy) is 1. The molecule has 1 amide bonds. The second-order valence-electron chi connectivity index (χ2n) is 13.8. The summed E-state index contributed by atoms with van der Waals surface area (Å²) in [7, 11) is 1.68. The second kappa shape index (κ2) is 11.3. The third-order valence-electron chi connectivity index (χ3n) is 11.2. The van der Waals surface area contributed by atoms with Crippen LogP contribution in [0.1, 0.15) is 100 Å². The van der Waals surface area contributed by atoms with Crippen LogP contribution < -0.4 is 9.64 Å². The van der Waals surface area contributed by atoms with Crippen LogP contribution in [-0.2, 0) is 15.0 Å². The molecule has 3 aromatic heterocycles. The molecule has 1 N–H and O–H groups in total. The third-order valence-corrected chi connectivity index (χ3v) is 11.2. The van der Waals surface area contributed by atoms with Gasteiger partial charge in [-0.05, 0) is 114 Å². The maximum absolute atomic E-state index is 14.3. The van der Waals surface area contributed by atoms with E-state index in [1.807, 2.05) is 30.0 Å². The number of hydrogen-bond acceptors (Lipinski definition) is 7. The Morgan fingerprint density at radius 3 is 2.32 bits per heavy atom. The fraction of sp³-hybridized carbons (Fsp3) is 0.571. The van der Waals surface area contributed by atoms with Gasteiger partial charge >= 0.3 is 5.97 Å². The van der Waals surface area contributed by atoms with Gasteiger partial charge in [-0.2, -0.15) is 0 Å². The number of carbonyl (C=O) groups is 2.